The molecule has 2 aromatic rings. The maximum atomic E-state index is 12.2. The summed E-state index contributed by atoms with van der Waals surface area (Å²) in [5.74, 6) is -1.17. The highest BCUT2D eigenvalue weighted by atomic mass is 35.5. The Morgan fingerprint density at radius 2 is 1.67 bits per heavy atom. The number of anilines is 1. The van der Waals surface area contributed by atoms with Crippen LogP contribution in [0.25, 0.3) is 0 Å². The third kappa shape index (κ3) is 5.82. The quantitative estimate of drug-likeness (QED) is 0.735. The van der Waals surface area contributed by atoms with Gasteiger partial charge in [-0.25, -0.2) is 4.79 Å². The van der Waals surface area contributed by atoms with Crippen LogP contribution in [-0.4, -0.2) is 42.4 Å². The van der Waals surface area contributed by atoms with Gasteiger partial charge < -0.3 is 15.0 Å². The van der Waals surface area contributed by atoms with Crippen molar-refractivity contribution >= 4 is 35.1 Å². The summed E-state index contributed by atoms with van der Waals surface area (Å²) in [6, 6.07) is 12.8. The number of halogens is 1. The third-order valence-electron chi connectivity index (χ3n) is 3.86. The van der Waals surface area contributed by atoms with E-state index >= 15 is 0 Å². The summed E-state index contributed by atoms with van der Waals surface area (Å²) in [6.45, 7) is 4.67. The Labute approximate surface area is 163 Å². The molecule has 0 heterocycles. The molecule has 0 spiro atoms. The highest BCUT2D eigenvalue weighted by Gasteiger charge is 2.13. The molecule has 0 saturated heterocycles. The predicted molar refractivity (Wildman–Crippen MR) is 104 cm³/mol. The Balaban J connectivity index is 1.88. The molecule has 0 bridgehead atoms. The fraction of sp³-hybridized carbons (Fsp3) is 0.250. The number of nitrogens with one attached hydrogen (secondary N) is 1. The van der Waals surface area contributed by atoms with Crippen molar-refractivity contribution in [3.8, 4) is 0 Å². The van der Waals surface area contributed by atoms with E-state index < -0.39 is 18.5 Å². The van der Waals surface area contributed by atoms with Crippen LogP contribution in [0.1, 0.15) is 34.6 Å². The Hall–Kier alpha value is -2.86. The number of ether oxygens (including phenoxy) is 1. The largest absolute Gasteiger partial charge is 0.452 e. The molecule has 1 N–H and O–H groups in total. The number of benzene rings is 2. The SMILES string of the molecule is CCN(CC)C(=O)c1ccc(NC(=O)COC(=O)c2cccc(Cl)c2)cc1. The first kappa shape index (κ1) is 20.5. The maximum absolute atomic E-state index is 12.2. The first-order valence-corrected chi connectivity index (χ1v) is 8.94. The second-order valence-electron chi connectivity index (χ2n) is 5.69. The maximum Gasteiger partial charge on any atom is 0.338 e. The fourth-order valence-electron chi connectivity index (χ4n) is 2.42. The van der Waals surface area contributed by atoms with E-state index in [0.29, 0.717) is 29.4 Å². The lowest BCUT2D eigenvalue weighted by atomic mass is 10.2. The summed E-state index contributed by atoms with van der Waals surface area (Å²) in [6.07, 6.45) is 0. The van der Waals surface area contributed by atoms with Gasteiger partial charge in [-0.15, -0.1) is 0 Å². The highest BCUT2D eigenvalue weighted by molar-refractivity contribution is 6.30. The van der Waals surface area contributed by atoms with Gasteiger partial charge in [0.15, 0.2) is 6.61 Å². The summed E-state index contributed by atoms with van der Waals surface area (Å²) < 4.78 is 4.97. The molecule has 2 aromatic carbocycles. The number of carbonyl (C=O) groups is 3. The first-order chi connectivity index (χ1) is 12.9. The van der Waals surface area contributed by atoms with Crippen LogP contribution < -0.4 is 5.32 Å². The molecule has 0 aliphatic heterocycles. The van der Waals surface area contributed by atoms with Crippen LogP contribution >= 0.6 is 11.6 Å². The lowest BCUT2D eigenvalue weighted by Gasteiger charge is -2.18. The molecule has 7 heteroatoms. The van der Waals surface area contributed by atoms with Crippen LogP contribution in [0.15, 0.2) is 48.5 Å². The van der Waals surface area contributed by atoms with Crippen LogP contribution in [0.5, 0.6) is 0 Å². The number of rotatable bonds is 7. The molecule has 0 saturated carbocycles. The monoisotopic (exact) mass is 388 g/mol. The van der Waals surface area contributed by atoms with E-state index in [2.05, 4.69) is 5.32 Å². The minimum absolute atomic E-state index is 0.0617. The van der Waals surface area contributed by atoms with Crippen molar-refractivity contribution in [1.82, 2.24) is 4.90 Å². The van der Waals surface area contributed by atoms with Gasteiger partial charge in [0.05, 0.1) is 5.56 Å². The van der Waals surface area contributed by atoms with E-state index in [-0.39, 0.29) is 11.5 Å². The molecule has 6 nitrogen and oxygen atoms in total. The number of hydrogen-bond acceptors (Lipinski definition) is 4. The van der Waals surface area contributed by atoms with E-state index in [0.717, 1.165) is 0 Å². The normalized spacial score (nSPS) is 10.2. The van der Waals surface area contributed by atoms with Crippen LogP contribution in [0.2, 0.25) is 5.02 Å². The van der Waals surface area contributed by atoms with Gasteiger partial charge in [0, 0.05) is 29.4 Å². The zero-order valence-electron chi connectivity index (χ0n) is 15.2. The van der Waals surface area contributed by atoms with Crippen molar-refractivity contribution in [2.24, 2.45) is 0 Å². The van der Waals surface area contributed by atoms with E-state index in [4.69, 9.17) is 16.3 Å². The summed E-state index contributed by atoms with van der Waals surface area (Å²) in [7, 11) is 0. The lowest BCUT2D eigenvalue weighted by molar-refractivity contribution is -0.119. The minimum Gasteiger partial charge on any atom is -0.452 e. The van der Waals surface area contributed by atoms with Gasteiger partial charge in [-0.1, -0.05) is 17.7 Å². The highest BCUT2D eigenvalue weighted by Crippen LogP contribution is 2.13. The van der Waals surface area contributed by atoms with E-state index in [1.807, 2.05) is 13.8 Å². The van der Waals surface area contributed by atoms with Crippen molar-refractivity contribution in [3.63, 3.8) is 0 Å². The molecule has 27 heavy (non-hydrogen) atoms. The van der Waals surface area contributed by atoms with E-state index in [9.17, 15) is 14.4 Å². The summed E-state index contributed by atoms with van der Waals surface area (Å²) in [5.41, 5.74) is 1.33. The molecule has 0 radical (unpaired) electrons. The van der Waals surface area contributed by atoms with Gasteiger partial charge in [-0.3, -0.25) is 9.59 Å². The van der Waals surface area contributed by atoms with Crippen LogP contribution in [0, 0.1) is 0 Å². The molecule has 0 unspecified atom stereocenters. The zero-order valence-corrected chi connectivity index (χ0v) is 16.0. The number of hydrogen-bond donors (Lipinski definition) is 1. The van der Waals surface area contributed by atoms with Crippen LogP contribution in [0.3, 0.4) is 0 Å². The predicted octanol–water partition coefficient (Wildman–Crippen LogP) is 3.62. The molecular formula is C20H21ClN2O4. The average molecular weight is 389 g/mol. The van der Waals surface area contributed by atoms with Gasteiger partial charge in [0.2, 0.25) is 0 Å². The second kappa shape index (κ2) is 9.73. The molecule has 0 fully saturated rings. The number of esters is 1. The number of amides is 2. The average Bonchev–Trinajstić information content (AvgIpc) is 2.67. The van der Waals surface area contributed by atoms with Crippen molar-refractivity contribution in [2.45, 2.75) is 13.8 Å². The van der Waals surface area contributed by atoms with Crippen molar-refractivity contribution < 1.29 is 19.1 Å². The zero-order chi connectivity index (χ0) is 19.8. The number of carbonyl (C=O) groups excluding carboxylic acids is 3. The summed E-state index contributed by atoms with van der Waals surface area (Å²) in [5, 5.41) is 3.03. The molecular weight excluding hydrogens is 368 g/mol. The standard InChI is InChI=1S/C20H21ClN2O4/c1-3-23(4-2)19(25)14-8-10-17(11-9-14)22-18(24)13-27-20(26)15-6-5-7-16(21)12-15/h5-12H,3-4,13H2,1-2H3,(H,22,24). The molecule has 0 atom stereocenters. The fourth-order valence-corrected chi connectivity index (χ4v) is 2.61. The van der Waals surface area contributed by atoms with E-state index in [1.54, 1.807) is 47.4 Å². The van der Waals surface area contributed by atoms with Gasteiger partial charge in [0.1, 0.15) is 0 Å². The Morgan fingerprint density at radius 3 is 2.26 bits per heavy atom. The van der Waals surface area contributed by atoms with Gasteiger partial charge in [-0.05, 0) is 56.3 Å². The molecule has 0 aliphatic carbocycles. The van der Waals surface area contributed by atoms with Crippen LogP contribution in [-0.2, 0) is 9.53 Å². The topological polar surface area (TPSA) is 75.7 Å². The minimum atomic E-state index is -0.632. The molecule has 0 aliphatic rings. The molecule has 2 amide bonds. The smallest absolute Gasteiger partial charge is 0.338 e. The summed E-state index contributed by atoms with van der Waals surface area (Å²) >= 11 is 5.82. The molecule has 0 aromatic heterocycles. The molecule has 2 rings (SSSR count). The van der Waals surface area contributed by atoms with E-state index in [1.165, 1.54) is 6.07 Å². The Morgan fingerprint density at radius 1 is 1.00 bits per heavy atom. The Bertz CT molecular complexity index is 817. The van der Waals surface area contributed by atoms with Crippen molar-refractivity contribution in [3.05, 3.63) is 64.7 Å². The first-order valence-electron chi connectivity index (χ1n) is 8.56. The van der Waals surface area contributed by atoms with Gasteiger partial charge >= 0.3 is 5.97 Å². The summed E-state index contributed by atoms with van der Waals surface area (Å²) in [4.78, 5) is 37.8. The lowest BCUT2D eigenvalue weighted by Crippen LogP contribution is -2.30. The molecule has 142 valence electrons. The second-order valence-corrected chi connectivity index (χ2v) is 6.13. The number of nitrogens with zero attached hydrogens (tertiary/aromatic N) is 1. The van der Waals surface area contributed by atoms with Crippen molar-refractivity contribution in [1.29, 1.82) is 0 Å². The third-order valence-corrected chi connectivity index (χ3v) is 4.10. The van der Waals surface area contributed by atoms with Gasteiger partial charge in [-0.2, -0.15) is 0 Å². The Kier molecular flexibility index (Phi) is 7.37. The van der Waals surface area contributed by atoms with Crippen LogP contribution in [0.4, 0.5) is 5.69 Å². The van der Waals surface area contributed by atoms with Gasteiger partial charge in [0.25, 0.3) is 11.8 Å². The van der Waals surface area contributed by atoms with Crippen molar-refractivity contribution in [2.75, 3.05) is 25.0 Å².